The summed E-state index contributed by atoms with van der Waals surface area (Å²) in [6.07, 6.45) is 9.33. The standard InChI is InChI=1S/C14H27O3/c1-2-3-4-5-6-7-8-9-17-14-10-12(14)13(16)11-15/h13-16H,2-11H2,1H3. The zero-order chi connectivity index (χ0) is 12.5. The molecule has 0 aliphatic heterocycles. The molecule has 3 heteroatoms. The summed E-state index contributed by atoms with van der Waals surface area (Å²) in [4.78, 5) is 0. The van der Waals surface area contributed by atoms with E-state index >= 15 is 0 Å². The number of ether oxygens (including phenoxy) is 1. The second-order valence-corrected chi connectivity index (χ2v) is 4.96. The lowest BCUT2D eigenvalue weighted by atomic mass is 10.1. The van der Waals surface area contributed by atoms with Crippen LogP contribution >= 0.6 is 0 Å². The van der Waals surface area contributed by atoms with Crippen molar-refractivity contribution in [2.24, 2.45) is 0 Å². The lowest BCUT2D eigenvalue weighted by Crippen LogP contribution is -2.16. The average molecular weight is 243 g/mol. The predicted molar refractivity (Wildman–Crippen MR) is 68.7 cm³/mol. The van der Waals surface area contributed by atoms with E-state index in [-0.39, 0.29) is 12.7 Å². The molecule has 2 N–H and O–H groups in total. The van der Waals surface area contributed by atoms with Gasteiger partial charge in [-0.25, -0.2) is 0 Å². The van der Waals surface area contributed by atoms with Crippen molar-refractivity contribution in [1.29, 1.82) is 0 Å². The fourth-order valence-electron chi connectivity index (χ4n) is 2.07. The van der Waals surface area contributed by atoms with Gasteiger partial charge in [-0.2, -0.15) is 0 Å². The molecule has 101 valence electrons. The third kappa shape index (κ3) is 6.39. The molecule has 1 rings (SSSR count). The van der Waals surface area contributed by atoms with E-state index < -0.39 is 6.10 Å². The van der Waals surface area contributed by atoms with E-state index in [0.717, 1.165) is 25.4 Å². The minimum absolute atomic E-state index is 0.122. The molecule has 0 spiro atoms. The molecule has 1 saturated carbocycles. The van der Waals surface area contributed by atoms with Crippen LogP contribution < -0.4 is 0 Å². The molecule has 0 amide bonds. The van der Waals surface area contributed by atoms with Gasteiger partial charge >= 0.3 is 0 Å². The van der Waals surface area contributed by atoms with Crippen molar-refractivity contribution in [1.82, 2.24) is 0 Å². The van der Waals surface area contributed by atoms with Crippen LogP contribution in [0.4, 0.5) is 0 Å². The number of hydrogen-bond acceptors (Lipinski definition) is 3. The highest BCUT2D eigenvalue weighted by Crippen LogP contribution is 2.39. The first-order valence-electron chi connectivity index (χ1n) is 7.05. The fourth-order valence-corrected chi connectivity index (χ4v) is 2.07. The monoisotopic (exact) mass is 243 g/mol. The molecule has 0 bridgehead atoms. The van der Waals surface area contributed by atoms with Crippen molar-refractivity contribution in [3.63, 3.8) is 0 Å². The molecule has 0 aromatic heterocycles. The number of unbranched alkanes of at least 4 members (excludes halogenated alkanes) is 6. The van der Waals surface area contributed by atoms with Gasteiger partial charge in [-0.3, -0.25) is 0 Å². The second-order valence-electron chi connectivity index (χ2n) is 4.96. The summed E-state index contributed by atoms with van der Waals surface area (Å²) in [6, 6.07) is 0. The third-order valence-corrected chi connectivity index (χ3v) is 3.34. The van der Waals surface area contributed by atoms with Gasteiger partial charge in [0.05, 0.1) is 18.8 Å². The summed E-state index contributed by atoms with van der Waals surface area (Å²) in [5.41, 5.74) is 0. The van der Waals surface area contributed by atoms with Gasteiger partial charge in [0.25, 0.3) is 0 Å². The first-order valence-corrected chi connectivity index (χ1v) is 7.05. The molecule has 0 aromatic rings. The highest BCUT2D eigenvalue weighted by Gasteiger charge is 2.43. The van der Waals surface area contributed by atoms with Crippen molar-refractivity contribution in [3.05, 3.63) is 5.92 Å². The Morgan fingerprint density at radius 1 is 1.18 bits per heavy atom. The Bertz CT molecular complexity index is 184. The molecule has 0 heterocycles. The van der Waals surface area contributed by atoms with Crippen LogP contribution in [-0.4, -0.2) is 35.6 Å². The van der Waals surface area contributed by atoms with E-state index in [4.69, 9.17) is 9.84 Å². The lowest BCUT2D eigenvalue weighted by Gasteiger charge is -2.06. The van der Waals surface area contributed by atoms with Crippen LogP contribution in [0.25, 0.3) is 0 Å². The Kier molecular flexibility index (Phi) is 7.82. The van der Waals surface area contributed by atoms with Gasteiger partial charge in [-0.1, -0.05) is 45.4 Å². The molecule has 1 fully saturated rings. The number of aliphatic hydroxyl groups is 2. The highest BCUT2D eigenvalue weighted by molar-refractivity contribution is 5.20. The van der Waals surface area contributed by atoms with Crippen LogP contribution in [-0.2, 0) is 4.74 Å². The normalized spacial score (nSPS) is 21.7. The molecular weight excluding hydrogens is 216 g/mol. The molecular formula is C14H27O3. The summed E-state index contributed by atoms with van der Waals surface area (Å²) in [5, 5.41) is 18.1. The molecule has 3 nitrogen and oxygen atoms in total. The Hall–Kier alpha value is -0.120. The van der Waals surface area contributed by atoms with Crippen LogP contribution in [0, 0.1) is 5.92 Å². The molecule has 17 heavy (non-hydrogen) atoms. The Balaban J connectivity index is 1.80. The zero-order valence-corrected chi connectivity index (χ0v) is 11.0. The van der Waals surface area contributed by atoms with Crippen LogP contribution in [0.3, 0.4) is 0 Å². The van der Waals surface area contributed by atoms with E-state index in [9.17, 15) is 5.11 Å². The summed E-state index contributed by atoms with van der Waals surface area (Å²) in [5.74, 6) is 0.968. The van der Waals surface area contributed by atoms with Gasteiger partial charge in [0.15, 0.2) is 0 Å². The quantitative estimate of drug-likeness (QED) is 0.548. The van der Waals surface area contributed by atoms with Crippen molar-refractivity contribution < 1.29 is 14.9 Å². The maximum Gasteiger partial charge on any atom is 0.0860 e. The topological polar surface area (TPSA) is 49.7 Å². The van der Waals surface area contributed by atoms with Crippen LogP contribution in [0.15, 0.2) is 0 Å². The maximum absolute atomic E-state index is 9.32. The first-order chi connectivity index (χ1) is 8.29. The minimum atomic E-state index is -0.658. The third-order valence-electron chi connectivity index (χ3n) is 3.34. The average Bonchev–Trinajstić information content (AvgIpc) is 3.11. The van der Waals surface area contributed by atoms with E-state index in [1.807, 2.05) is 0 Å². The maximum atomic E-state index is 9.32. The van der Waals surface area contributed by atoms with E-state index in [0.29, 0.717) is 0 Å². The van der Waals surface area contributed by atoms with Crippen LogP contribution in [0.5, 0.6) is 0 Å². The van der Waals surface area contributed by atoms with E-state index in [2.05, 4.69) is 6.92 Å². The van der Waals surface area contributed by atoms with Gasteiger partial charge < -0.3 is 14.9 Å². The molecule has 2 atom stereocenters. The molecule has 0 saturated heterocycles. The summed E-state index contributed by atoms with van der Waals surface area (Å²) in [7, 11) is 0. The lowest BCUT2D eigenvalue weighted by molar-refractivity contribution is 0.0822. The fraction of sp³-hybridized carbons (Fsp3) is 0.929. The molecule has 1 aliphatic rings. The van der Waals surface area contributed by atoms with E-state index in [1.165, 1.54) is 38.5 Å². The van der Waals surface area contributed by atoms with Crippen LogP contribution in [0.2, 0.25) is 0 Å². The molecule has 1 aliphatic carbocycles. The Morgan fingerprint density at radius 2 is 1.82 bits per heavy atom. The van der Waals surface area contributed by atoms with Crippen molar-refractivity contribution in [3.8, 4) is 0 Å². The van der Waals surface area contributed by atoms with Gasteiger partial charge in [-0.05, 0) is 12.8 Å². The van der Waals surface area contributed by atoms with E-state index in [1.54, 1.807) is 0 Å². The summed E-state index contributed by atoms with van der Waals surface area (Å²) >= 11 is 0. The van der Waals surface area contributed by atoms with Gasteiger partial charge in [0, 0.05) is 12.5 Å². The highest BCUT2D eigenvalue weighted by atomic mass is 16.5. The molecule has 0 aromatic carbocycles. The largest absolute Gasteiger partial charge is 0.394 e. The van der Waals surface area contributed by atoms with Gasteiger partial charge in [-0.15, -0.1) is 0 Å². The SMILES string of the molecule is CCCCCCCCCOC1C[C]1C(O)CO. The summed E-state index contributed by atoms with van der Waals surface area (Å²) in [6.45, 7) is 2.85. The van der Waals surface area contributed by atoms with Crippen molar-refractivity contribution >= 4 is 0 Å². The molecule has 1 radical (unpaired) electrons. The summed E-state index contributed by atoms with van der Waals surface area (Å²) < 4.78 is 5.61. The zero-order valence-electron chi connectivity index (χ0n) is 11.0. The number of aliphatic hydroxyl groups excluding tert-OH is 2. The minimum Gasteiger partial charge on any atom is -0.394 e. The number of rotatable bonds is 11. The Morgan fingerprint density at radius 3 is 2.47 bits per heavy atom. The predicted octanol–water partition coefficient (Wildman–Crippen LogP) is 2.45. The smallest absolute Gasteiger partial charge is 0.0860 e. The Labute approximate surface area is 105 Å². The second kappa shape index (κ2) is 8.90. The number of hydrogen-bond donors (Lipinski definition) is 2. The van der Waals surface area contributed by atoms with Crippen molar-refractivity contribution in [2.45, 2.75) is 70.5 Å². The van der Waals surface area contributed by atoms with Crippen molar-refractivity contribution in [2.75, 3.05) is 13.2 Å². The molecule has 2 unspecified atom stereocenters. The van der Waals surface area contributed by atoms with Crippen LogP contribution in [0.1, 0.15) is 58.3 Å². The van der Waals surface area contributed by atoms with Gasteiger partial charge in [0.2, 0.25) is 0 Å². The first kappa shape index (κ1) is 14.9. The van der Waals surface area contributed by atoms with Gasteiger partial charge in [0.1, 0.15) is 0 Å².